The summed E-state index contributed by atoms with van der Waals surface area (Å²) in [6, 6.07) is 15.5. The van der Waals surface area contributed by atoms with Crippen LogP contribution in [0.15, 0.2) is 53.0 Å². The highest BCUT2D eigenvalue weighted by Gasteiger charge is 2.19. The van der Waals surface area contributed by atoms with Crippen LogP contribution in [0.3, 0.4) is 0 Å². The van der Waals surface area contributed by atoms with Crippen LogP contribution >= 0.6 is 15.9 Å². The number of nitrogens with one attached hydrogen (secondary N) is 1. The van der Waals surface area contributed by atoms with Crippen molar-refractivity contribution in [3.63, 3.8) is 0 Å². The van der Waals surface area contributed by atoms with Crippen LogP contribution in [0.1, 0.15) is 22.0 Å². The van der Waals surface area contributed by atoms with Crippen molar-refractivity contribution in [3.05, 3.63) is 64.1 Å². The molecule has 0 unspecified atom stereocenters. The Hall–Kier alpha value is -2.32. The average molecular weight is 345 g/mol. The third kappa shape index (κ3) is 3.41. The fraction of sp³-hybridized carbons (Fsp3) is 0.125. The molecule has 0 saturated carbocycles. The predicted octanol–water partition coefficient (Wildman–Crippen LogP) is 3.45. The number of hydrogen-bond acceptors (Lipinski definition) is 3. The molecule has 2 aromatic carbocycles. The van der Waals surface area contributed by atoms with E-state index < -0.39 is 6.04 Å². The zero-order chi connectivity index (χ0) is 15.2. The van der Waals surface area contributed by atoms with E-state index in [1.54, 1.807) is 36.4 Å². The van der Waals surface area contributed by atoms with E-state index in [0.717, 1.165) is 0 Å². The van der Waals surface area contributed by atoms with Crippen molar-refractivity contribution in [2.45, 2.75) is 6.04 Å². The maximum absolute atomic E-state index is 12.3. The van der Waals surface area contributed by atoms with Gasteiger partial charge in [-0.25, -0.2) is 0 Å². The SMILES string of the molecule is COc1ccccc1[C@H](C#N)NC(=O)c1ccccc1Br. The van der Waals surface area contributed by atoms with Crippen LogP contribution in [0.4, 0.5) is 0 Å². The second-order valence-corrected chi connectivity index (χ2v) is 5.11. The van der Waals surface area contributed by atoms with Gasteiger partial charge in [0.1, 0.15) is 11.8 Å². The normalized spacial score (nSPS) is 11.3. The standard InChI is InChI=1S/C16H13BrN2O2/c1-21-15-9-5-3-7-12(15)14(10-18)19-16(20)11-6-2-4-8-13(11)17/h2-9,14H,1H3,(H,19,20)/t14-/m0/s1. The van der Waals surface area contributed by atoms with E-state index in [4.69, 9.17) is 4.74 Å². The number of methoxy groups -OCH3 is 1. The number of nitrogens with zero attached hydrogens (tertiary/aromatic N) is 1. The molecule has 0 saturated heterocycles. The van der Waals surface area contributed by atoms with E-state index in [1.165, 1.54) is 7.11 Å². The number of carbonyl (C=O) groups excluding carboxylic acids is 1. The monoisotopic (exact) mass is 344 g/mol. The Balaban J connectivity index is 2.26. The number of nitriles is 1. The Morgan fingerprint density at radius 2 is 1.90 bits per heavy atom. The van der Waals surface area contributed by atoms with Crippen molar-refractivity contribution < 1.29 is 9.53 Å². The van der Waals surface area contributed by atoms with Crippen LogP contribution in [0.5, 0.6) is 5.75 Å². The van der Waals surface area contributed by atoms with E-state index >= 15 is 0 Å². The Bertz CT molecular complexity index is 695. The van der Waals surface area contributed by atoms with Gasteiger partial charge in [0.25, 0.3) is 5.91 Å². The summed E-state index contributed by atoms with van der Waals surface area (Å²) in [5.74, 6) is 0.247. The van der Waals surface area contributed by atoms with E-state index in [9.17, 15) is 10.1 Å². The Morgan fingerprint density at radius 1 is 1.24 bits per heavy atom. The number of carbonyl (C=O) groups is 1. The van der Waals surface area contributed by atoms with Gasteiger partial charge in [-0.2, -0.15) is 5.26 Å². The van der Waals surface area contributed by atoms with Crippen molar-refractivity contribution in [1.82, 2.24) is 5.32 Å². The number of benzene rings is 2. The molecule has 2 aromatic rings. The summed E-state index contributed by atoms with van der Waals surface area (Å²) in [7, 11) is 1.53. The summed E-state index contributed by atoms with van der Waals surface area (Å²) in [5.41, 5.74) is 1.11. The molecule has 1 amide bonds. The molecule has 1 N–H and O–H groups in total. The second-order valence-electron chi connectivity index (χ2n) is 4.26. The summed E-state index contributed by atoms with van der Waals surface area (Å²) < 4.78 is 5.91. The highest BCUT2D eigenvalue weighted by atomic mass is 79.9. The summed E-state index contributed by atoms with van der Waals surface area (Å²) in [5, 5.41) is 12.0. The lowest BCUT2D eigenvalue weighted by Crippen LogP contribution is -2.28. The minimum Gasteiger partial charge on any atom is -0.496 e. The first-order chi connectivity index (χ1) is 10.2. The van der Waals surface area contributed by atoms with Crippen LogP contribution in [0, 0.1) is 11.3 Å². The van der Waals surface area contributed by atoms with Crippen LogP contribution in [0.2, 0.25) is 0 Å². The van der Waals surface area contributed by atoms with Gasteiger partial charge in [-0.05, 0) is 34.1 Å². The zero-order valence-corrected chi connectivity index (χ0v) is 12.9. The van der Waals surface area contributed by atoms with Crippen LogP contribution < -0.4 is 10.1 Å². The third-order valence-electron chi connectivity index (χ3n) is 2.97. The minimum absolute atomic E-state index is 0.320. The minimum atomic E-state index is -0.777. The fourth-order valence-electron chi connectivity index (χ4n) is 1.94. The van der Waals surface area contributed by atoms with Gasteiger partial charge >= 0.3 is 0 Å². The van der Waals surface area contributed by atoms with Crippen molar-refractivity contribution >= 4 is 21.8 Å². The first kappa shape index (κ1) is 15.1. The Kier molecular flexibility index (Phi) is 4.96. The molecular formula is C16H13BrN2O2. The molecule has 4 nitrogen and oxygen atoms in total. The van der Waals surface area contributed by atoms with Gasteiger partial charge < -0.3 is 10.1 Å². The van der Waals surface area contributed by atoms with Gasteiger partial charge in [-0.15, -0.1) is 0 Å². The smallest absolute Gasteiger partial charge is 0.253 e. The number of ether oxygens (including phenoxy) is 1. The third-order valence-corrected chi connectivity index (χ3v) is 3.66. The highest BCUT2D eigenvalue weighted by Crippen LogP contribution is 2.25. The van der Waals surface area contributed by atoms with Crippen LogP contribution in [-0.4, -0.2) is 13.0 Å². The zero-order valence-electron chi connectivity index (χ0n) is 11.3. The van der Waals surface area contributed by atoms with Gasteiger partial charge in [0.2, 0.25) is 0 Å². The molecule has 2 rings (SSSR count). The largest absolute Gasteiger partial charge is 0.496 e. The molecule has 0 spiro atoms. The van der Waals surface area contributed by atoms with Gasteiger partial charge in [-0.1, -0.05) is 30.3 Å². The molecule has 0 aliphatic heterocycles. The fourth-order valence-corrected chi connectivity index (χ4v) is 2.40. The number of hydrogen-bond donors (Lipinski definition) is 1. The molecule has 0 aliphatic carbocycles. The van der Waals surface area contributed by atoms with Crippen molar-refractivity contribution in [3.8, 4) is 11.8 Å². The lowest BCUT2D eigenvalue weighted by molar-refractivity contribution is 0.0944. The second kappa shape index (κ2) is 6.91. The average Bonchev–Trinajstić information content (AvgIpc) is 2.52. The number of halogens is 1. The van der Waals surface area contributed by atoms with Crippen molar-refractivity contribution in [1.29, 1.82) is 5.26 Å². The molecule has 5 heteroatoms. The molecule has 0 radical (unpaired) electrons. The maximum atomic E-state index is 12.3. The first-order valence-corrected chi connectivity index (χ1v) is 7.04. The molecule has 21 heavy (non-hydrogen) atoms. The molecule has 0 heterocycles. The van der Waals surface area contributed by atoms with Gasteiger partial charge in [0, 0.05) is 10.0 Å². The molecule has 1 atom stereocenters. The lowest BCUT2D eigenvalue weighted by Gasteiger charge is -2.15. The summed E-state index contributed by atoms with van der Waals surface area (Å²) >= 11 is 3.32. The van der Waals surface area contributed by atoms with Crippen molar-refractivity contribution in [2.24, 2.45) is 0 Å². The molecular weight excluding hydrogens is 332 g/mol. The predicted molar refractivity (Wildman–Crippen MR) is 83.0 cm³/mol. The maximum Gasteiger partial charge on any atom is 0.253 e. The number of amides is 1. The van der Waals surface area contributed by atoms with E-state index in [1.807, 2.05) is 12.1 Å². The Labute approximate surface area is 131 Å². The Morgan fingerprint density at radius 3 is 2.57 bits per heavy atom. The summed E-state index contributed by atoms with van der Waals surface area (Å²) in [6.07, 6.45) is 0. The molecule has 0 bridgehead atoms. The molecule has 0 fully saturated rings. The summed E-state index contributed by atoms with van der Waals surface area (Å²) in [6.45, 7) is 0. The lowest BCUT2D eigenvalue weighted by atomic mass is 10.1. The molecule has 106 valence electrons. The molecule has 0 aromatic heterocycles. The highest BCUT2D eigenvalue weighted by molar-refractivity contribution is 9.10. The van der Waals surface area contributed by atoms with Crippen molar-refractivity contribution in [2.75, 3.05) is 7.11 Å². The number of para-hydroxylation sites is 1. The van der Waals surface area contributed by atoms with Gasteiger partial charge in [0.05, 0.1) is 18.7 Å². The number of rotatable bonds is 4. The van der Waals surface area contributed by atoms with Gasteiger partial charge in [0.15, 0.2) is 0 Å². The first-order valence-electron chi connectivity index (χ1n) is 6.25. The topological polar surface area (TPSA) is 62.1 Å². The van der Waals surface area contributed by atoms with Crippen LogP contribution in [-0.2, 0) is 0 Å². The van der Waals surface area contributed by atoms with Crippen LogP contribution in [0.25, 0.3) is 0 Å². The van der Waals surface area contributed by atoms with E-state index in [0.29, 0.717) is 21.3 Å². The van der Waals surface area contributed by atoms with E-state index in [2.05, 4.69) is 27.3 Å². The van der Waals surface area contributed by atoms with Gasteiger partial charge in [-0.3, -0.25) is 4.79 Å². The van der Waals surface area contributed by atoms with E-state index in [-0.39, 0.29) is 5.91 Å². The summed E-state index contributed by atoms with van der Waals surface area (Å²) in [4.78, 5) is 12.3. The quantitative estimate of drug-likeness (QED) is 0.923. The molecule has 0 aliphatic rings.